The van der Waals surface area contributed by atoms with Gasteiger partial charge in [0.25, 0.3) is 0 Å². The minimum atomic E-state index is 0.170. The van der Waals surface area contributed by atoms with Gasteiger partial charge in [0, 0.05) is 18.4 Å². The molecule has 0 aliphatic carbocycles. The first kappa shape index (κ1) is 17.2. The number of nitrogens with one attached hydrogen (secondary N) is 2. The Morgan fingerprint density at radius 3 is 2.71 bits per heavy atom. The number of fused-ring (bicyclic) bond motifs is 1. The van der Waals surface area contributed by atoms with Crippen molar-refractivity contribution in [3.8, 4) is 0 Å². The number of hydrogen-bond donors (Lipinski definition) is 2. The molecular formula is C20H27N2OS+. The summed E-state index contributed by atoms with van der Waals surface area (Å²) in [5, 5.41) is 5.31. The van der Waals surface area contributed by atoms with E-state index in [9.17, 15) is 4.79 Å². The molecule has 1 unspecified atom stereocenters. The number of rotatable bonds is 6. The van der Waals surface area contributed by atoms with E-state index in [0.29, 0.717) is 18.4 Å². The summed E-state index contributed by atoms with van der Waals surface area (Å²) in [6.07, 6.45) is 1.72. The summed E-state index contributed by atoms with van der Waals surface area (Å²) in [4.78, 5) is 15.0. The van der Waals surface area contributed by atoms with Crippen LogP contribution in [0.2, 0.25) is 0 Å². The van der Waals surface area contributed by atoms with Crippen molar-refractivity contribution < 1.29 is 9.69 Å². The van der Waals surface area contributed by atoms with Crippen molar-refractivity contribution in [3.05, 3.63) is 57.8 Å². The molecule has 2 atom stereocenters. The topological polar surface area (TPSA) is 33.5 Å². The molecule has 0 saturated carbocycles. The van der Waals surface area contributed by atoms with E-state index in [1.807, 2.05) is 0 Å². The van der Waals surface area contributed by atoms with E-state index in [4.69, 9.17) is 0 Å². The Balaban J connectivity index is 1.71. The Hall–Kier alpha value is -1.65. The van der Waals surface area contributed by atoms with E-state index < -0.39 is 0 Å². The van der Waals surface area contributed by atoms with Crippen LogP contribution in [-0.4, -0.2) is 19.0 Å². The van der Waals surface area contributed by atoms with Gasteiger partial charge in [0.1, 0.15) is 12.6 Å². The molecule has 0 spiro atoms. The minimum Gasteiger partial charge on any atom is -0.350 e. The van der Waals surface area contributed by atoms with Crippen molar-refractivity contribution in [2.45, 2.75) is 39.3 Å². The lowest BCUT2D eigenvalue weighted by molar-refractivity contribution is -0.945. The van der Waals surface area contributed by atoms with Crippen LogP contribution in [0.1, 0.15) is 42.3 Å². The molecule has 1 aromatic carbocycles. The van der Waals surface area contributed by atoms with Crippen LogP contribution in [0.4, 0.5) is 0 Å². The molecule has 4 heteroatoms. The molecule has 0 radical (unpaired) electrons. The Morgan fingerprint density at radius 2 is 2.00 bits per heavy atom. The van der Waals surface area contributed by atoms with Gasteiger partial charge < -0.3 is 10.2 Å². The second kappa shape index (κ2) is 7.95. The maximum absolute atomic E-state index is 12.1. The monoisotopic (exact) mass is 343 g/mol. The Kier molecular flexibility index (Phi) is 5.69. The molecule has 128 valence electrons. The summed E-state index contributed by atoms with van der Waals surface area (Å²) in [7, 11) is 0. The number of quaternary nitrogens is 1. The van der Waals surface area contributed by atoms with Gasteiger partial charge >= 0.3 is 0 Å². The minimum absolute atomic E-state index is 0.170. The second-order valence-corrected chi connectivity index (χ2v) is 8.05. The van der Waals surface area contributed by atoms with Gasteiger partial charge in [0.05, 0.1) is 18.0 Å². The molecule has 24 heavy (non-hydrogen) atoms. The van der Waals surface area contributed by atoms with Crippen molar-refractivity contribution in [1.82, 2.24) is 5.32 Å². The molecule has 2 N–H and O–H groups in total. The SMILES string of the molecule is CC(C)CC(=O)NC[C@H](c1cccs1)[NH+]1CCc2ccccc2C1. The van der Waals surface area contributed by atoms with E-state index in [1.54, 1.807) is 16.2 Å². The molecular weight excluding hydrogens is 316 g/mol. The van der Waals surface area contributed by atoms with Gasteiger partial charge in [-0.15, -0.1) is 11.3 Å². The van der Waals surface area contributed by atoms with Crippen LogP contribution >= 0.6 is 11.3 Å². The van der Waals surface area contributed by atoms with Crippen LogP contribution in [0.15, 0.2) is 41.8 Å². The summed E-state index contributed by atoms with van der Waals surface area (Å²) < 4.78 is 0. The first-order valence-electron chi connectivity index (χ1n) is 8.85. The summed E-state index contributed by atoms with van der Waals surface area (Å²) >= 11 is 1.80. The van der Waals surface area contributed by atoms with Crippen LogP contribution in [0.5, 0.6) is 0 Å². The van der Waals surface area contributed by atoms with E-state index in [1.165, 1.54) is 16.0 Å². The predicted octanol–water partition coefficient (Wildman–Crippen LogP) is 2.59. The smallest absolute Gasteiger partial charge is 0.220 e. The van der Waals surface area contributed by atoms with Crippen LogP contribution in [0, 0.1) is 5.92 Å². The summed E-state index contributed by atoms with van der Waals surface area (Å²) in [6, 6.07) is 13.4. The normalized spacial score (nSPS) is 18.2. The molecule has 2 aromatic rings. The van der Waals surface area contributed by atoms with Gasteiger partial charge in [-0.3, -0.25) is 4.79 Å². The van der Waals surface area contributed by atoms with Crippen molar-refractivity contribution in [1.29, 1.82) is 0 Å². The molecule has 0 saturated heterocycles. The standard InChI is InChI=1S/C20H26N2OS/c1-15(2)12-20(23)21-13-18(19-8-5-11-24-19)22-10-9-16-6-3-4-7-17(16)14-22/h3-8,11,15,18H,9-10,12-14H2,1-2H3,(H,21,23)/p+1/t18-/m1/s1. The Morgan fingerprint density at radius 1 is 1.21 bits per heavy atom. The van der Waals surface area contributed by atoms with Gasteiger partial charge in [0.15, 0.2) is 0 Å². The highest BCUT2D eigenvalue weighted by atomic mass is 32.1. The van der Waals surface area contributed by atoms with Gasteiger partial charge in [0.2, 0.25) is 5.91 Å². The number of carbonyl (C=O) groups excluding carboxylic acids is 1. The third-order valence-electron chi connectivity index (χ3n) is 4.73. The number of thiophene rings is 1. The first-order valence-corrected chi connectivity index (χ1v) is 9.73. The third kappa shape index (κ3) is 4.25. The fraction of sp³-hybridized carbons (Fsp3) is 0.450. The Labute approximate surface area is 148 Å². The molecule has 1 aliphatic heterocycles. The molecule has 1 aliphatic rings. The highest BCUT2D eigenvalue weighted by molar-refractivity contribution is 7.10. The van der Waals surface area contributed by atoms with Crippen LogP contribution in [-0.2, 0) is 17.8 Å². The average Bonchev–Trinajstić information content (AvgIpc) is 3.08. The molecule has 0 bridgehead atoms. The molecule has 0 fully saturated rings. The van der Waals surface area contributed by atoms with Crippen molar-refractivity contribution in [3.63, 3.8) is 0 Å². The highest BCUT2D eigenvalue weighted by Gasteiger charge is 2.29. The van der Waals surface area contributed by atoms with E-state index in [2.05, 4.69) is 60.9 Å². The van der Waals surface area contributed by atoms with E-state index in [0.717, 1.165) is 26.1 Å². The molecule has 1 aromatic heterocycles. The van der Waals surface area contributed by atoms with E-state index >= 15 is 0 Å². The fourth-order valence-corrected chi connectivity index (χ4v) is 4.38. The van der Waals surface area contributed by atoms with Crippen LogP contribution in [0.25, 0.3) is 0 Å². The number of hydrogen-bond acceptors (Lipinski definition) is 2. The van der Waals surface area contributed by atoms with Crippen molar-refractivity contribution in [2.24, 2.45) is 5.92 Å². The number of amides is 1. The summed E-state index contributed by atoms with van der Waals surface area (Å²) in [5.74, 6) is 0.572. The quantitative estimate of drug-likeness (QED) is 0.830. The highest BCUT2D eigenvalue weighted by Crippen LogP contribution is 2.19. The molecule has 3 rings (SSSR count). The lowest BCUT2D eigenvalue weighted by atomic mass is 9.98. The largest absolute Gasteiger partial charge is 0.350 e. The Bertz CT molecular complexity index is 666. The van der Waals surface area contributed by atoms with Crippen LogP contribution < -0.4 is 10.2 Å². The maximum Gasteiger partial charge on any atom is 0.220 e. The summed E-state index contributed by atoms with van der Waals surface area (Å²) in [6.45, 7) is 7.06. The second-order valence-electron chi connectivity index (χ2n) is 7.07. The predicted molar refractivity (Wildman–Crippen MR) is 99.2 cm³/mol. The fourth-order valence-electron chi connectivity index (χ4n) is 3.49. The molecule has 2 heterocycles. The number of benzene rings is 1. The average molecular weight is 344 g/mol. The zero-order chi connectivity index (χ0) is 16.9. The van der Waals surface area contributed by atoms with Gasteiger partial charge in [-0.05, 0) is 22.9 Å². The zero-order valence-electron chi connectivity index (χ0n) is 14.5. The van der Waals surface area contributed by atoms with Crippen molar-refractivity contribution in [2.75, 3.05) is 13.1 Å². The lowest BCUT2D eigenvalue weighted by Gasteiger charge is -2.32. The van der Waals surface area contributed by atoms with Crippen molar-refractivity contribution >= 4 is 17.2 Å². The molecule has 3 nitrogen and oxygen atoms in total. The lowest BCUT2D eigenvalue weighted by Crippen LogP contribution is -3.12. The maximum atomic E-state index is 12.1. The van der Waals surface area contributed by atoms with Gasteiger partial charge in [-0.25, -0.2) is 0 Å². The van der Waals surface area contributed by atoms with E-state index in [-0.39, 0.29) is 5.91 Å². The third-order valence-corrected chi connectivity index (χ3v) is 5.71. The van der Waals surface area contributed by atoms with Crippen LogP contribution in [0.3, 0.4) is 0 Å². The van der Waals surface area contributed by atoms with Gasteiger partial charge in [-0.2, -0.15) is 0 Å². The first-order chi connectivity index (χ1) is 11.6. The summed E-state index contributed by atoms with van der Waals surface area (Å²) in [5.41, 5.74) is 2.93. The number of carbonyl (C=O) groups is 1. The van der Waals surface area contributed by atoms with Gasteiger partial charge in [-0.1, -0.05) is 44.2 Å². The molecule has 1 amide bonds. The zero-order valence-corrected chi connectivity index (χ0v) is 15.4.